The van der Waals surface area contributed by atoms with Crippen molar-refractivity contribution >= 4 is 11.7 Å². The van der Waals surface area contributed by atoms with Crippen LogP contribution in [-0.2, 0) is 22.4 Å². The molecule has 25 heavy (non-hydrogen) atoms. The van der Waals surface area contributed by atoms with Crippen molar-refractivity contribution in [3.63, 3.8) is 0 Å². The SMILES string of the molecule is COCCN1CCC[C@]2(CCN(c3nc(C)nc4c3CCC4)C2)C1=O. The number of fused-ring (bicyclic) bond motifs is 1. The van der Waals surface area contributed by atoms with Crippen LogP contribution in [0.15, 0.2) is 0 Å². The van der Waals surface area contributed by atoms with Gasteiger partial charge >= 0.3 is 0 Å². The molecular weight excluding hydrogens is 316 g/mol. The van der Waals surface area contributed by atoms with Crippen LogP contribution in [0.3, 0.4) is 0 Å². The lowest BCUT2D eigenvalue weighted by molar-refractivity contribution is -0.145. The molecule has 2 fully saturated rings. The fraction of sp³-hybridized carbons (Fsp3) is 0.737. The van der Waals surface area contributed by atoms with E-state index in [-0.39, 0.29) is 5.41 Å². The molecule has 136 valence electrons. The highest BCUT2D eigenvalue weighted by Gasteiger charge is 2.49. The predicted molar refractivity (Wildman–Crippen MR) is 95.7 cm³/mol. The van der Waals surface area contributed by atoms with Crippen LogP contribution in [0.1, 0.15) is 42.8 Å². The van der Waals surface area contributed by atoms with E-state index in [2.05, 4.69) is 9.88 Å². The van der Waals surface area contributed by atoms with Crippen molar-refractivity contribution in [2.24, 2.45) is 5.41 Å². The summed E-state index contributed by atoms with van der Waals surface area (Å²) >= 11 is 0. The zero-order chi connectivity index (χ0) is 17.4. The lowest BCUT2D eigenvalue weighted by Gasteiger charge is -2.39. The number of aryl methyl sites for hydroxylation is 2. The number of nitrogens with zero attached hydrogens (tertiary/aromatic N) is 4. The number of ether oxygens (including phenoxy) is 1. The minimum Gasteiger partial charge on any atom is -0.383 e. The molecule has 1 aliphatic carbocycles. The van der Waals surface area contributed by atoms with Gasteiger partial charge in [-0.25, -0.2) is 9.97 Å². The van der Waals surface area contributed by atoms with Gasteiger partial charge in [0.1, 0.15) is 11.6 Å². The third-order valence-electron chi connectivity index (χ3n) is 6.07. The van der Waals surface area contributed by atoms with Crippen LogP contribution in [0.2, 0.25) is 0 Å². The van der Waals surface area contributed by atoms with Crippen molar-refractivity contribution < 1.29 is 9.53 Å². The number of carbonyl (C=O) groups excluding carboxylic acids is 1. The maximum atomic E-state index is 13.1. The first-order valence-electron chi connectivity index (χ1n) is 9.53. The molecule has 0 saturated carbocycles. The number of likely N-dealkylation sites (tertiary alicyclic amines) is 1. The first-order valence-corrected chi connectivity index (χ1v) is 9.53. The highest BCUT2D eigenvalue weighted by atomic mass is 16.5. The summed E-state index contributed by atoms with van der Waals surface area (Å²) in [6.45, 7) is 5.90. The van der Waals surface area contributed by atoms with Gasteiger partial charge < -0.3 is 14.5 Å². The number of methoxy groups -OCH3 is 1. The van der Waals surface area contributed by atoms with Crippen molar-refractivity contribution in [2.45, 2.75) is 45.4 Å². The van der Waals surface area contributed by atoms with Crippen LogP contribution in [0.5, 0.6) is 0 Å². The van der Waals surface area contributed by atoms with Crippen molar-refractivity contribution in [3.05, 3.63) is 17.1 Å². The second-order valence-corrected chi connectivity index (χ2v) is 7.71. The smallest absolute Gasteiger partial charge is 0.230 e. The standard InChI is InChI=1S/C19H28N4O2/c1-14-20-16-6-3-5-15(16)17(21-14)23-10-8-19(13-23)7-4-9-22(18(19)24)11-12-25-2/h3-13H2,1-2H3/t19-/m1/s1. The zero-order valence-corrected chi connectivity index (χ0v) is 15.4. The monoisotopic (exact) mass is 344 g/mol. The molecule has 6 heteroatoms. The second-order valence-electron chi connectivity index (χ2n) is 7.71. The fourth-order valence-electron chi connectivity index (χ4n) is 4.79. The Balaban J connectivity index is 1.56. The van der Waals surface area contributed by atoms with Crippen LogP contribution < -0.4 is 4.90 Å². The summed E-state index contributed by atoms with van der Waals surface area (Å²) in [5.41, 5.74) is 2.32. The van der Waals surface area contributed by atoms with E-state index in [4.69, 9.17) is 9.72 Å². The summed E-state index contributed by atoms with van der Waals surface area (Å²) in [5.74, 6) is 2.27. The number of rotatable bonds is 4. The van der Waals surface area contributed by atoms with Gasteiger partial charge in [-0.05, 0) is 45.4 Å². The molecule has 1 aromatic heterocycles. The van der Waals surface area contributed by atoms with Crippen LogP contribution >= 0.6 is 0 Å². The van der Waals surface area contributed by atoms with E-state index >= 15 is 0 Å². The average molecular weight is 344 g/mol. The highest BCUT2D eigenvalue weighted by molar-refractivity contribution is 5.85. The molecule has 1 spiro atoms. The Morgan fingerprint density at radius 1 is 1.16 bits per heavy atom. The number of hydrogen-bond donors (Lipinski definition) is 0. The Hall–Kier alpha value is -1.69. The topological polar surface area (TPSA) is 58.6 Å². The summed E-state index contributed by atoms with van der Waals surface area (Å²) in [7, 11) is 1.69. The molecule has 3 heterocycles. The third-order valence-corrected chi connectivity index (χ3v) is 6.07. The van der Waals surface area contributed by atoms with Crippen molar-refractivity contribution in [3.8, 4) is 0 Å². The second kappa shape index (κ2) is 6.56. The molecule has 4 rings (SSSR count). The molecule has 0 radical (unpaired) electrons. The first kappa shape index (κ1) is 16.8. The average Bonchev–Trinajstić information content (AvgIpc) is 3.23. The van der Waals surface area contributed by atoms with E-state index in [1.165, 1.54) is 17.7 Å². The molecule has 3 aliphatic rings. The number of anilines is 1. The molecule has 1 amide bonds. The molecule has 0 N–H and O–H groups in total. The minimum absolute atomic E-state index is 0.226. The maximum absolute atomic E-state index is 13.1. The molecule has 1 aromatic rings. The van der Waals surface area contributed by atoms with Crippen LogP contribution in [0, 0.1) is 12.3 Å². The largest absolute Gasteiger partial charge is 0.383 e. The van der Waals surface area contributed by atoms with Gasteiger partial charge in [-0.15, -0.1) is 0 Å². The molecule has 0 unspecified atom stereocenters. The number of amides is 1. The van der Waals surface area contributed by atoms with Gasteiger partial charge in [-0.3, -0.25) is 4.79 Å². The summed E-state index contributed by atoms with van der Waals surface area (Å²) < 4.78 is 5.18. The Morgan fingerprint density at radius 3 is 2.88 bits per heavy atom. The van der Waals surface area contributed by atoms with Gasteiger partial charge in [-0.1, -0.05) is 0 Å². The Bertz CT molecular complexity index is 678. The van der Waals surface area contributed by atoms with Crippen molar-refractivity contribution in [1.29, 1.82) is 0 Å². The lowest BCUT2D eigenvalue weighted by atomic mass is 9.78. The van der Waals surface area contributed by atoms with E-state index in [9.17, 15) is 4.79 Å². The zero-order valence-electron chi connectivity index (χ0n) is 15.4. The first-order chi connectivity index (χ1) is 12.1. The van der Waals surface area contributed by atoms with Crippen LogP contribution in [-0.4, -0.2) is 60.7 Å². The van der Waals surface area contributed by atoms with E-state index in [1.807, 2.05) is 11.8 Å². The number of aromatic nitrogens is 2. The molecule has 1 atom stereocenters. The quantitative estimate of drug-likeness (QED) is 0.833. The molecule has 0 bridgehead atoms. The van der Waals surface area contributed by atoms with Gasteiger partial charge in [0.05, 0.1) is 12.0 Å². The van der Waals surface area contributed by atoms with E-state index in [0.717, 1.165) is 63.4 Å². The normalized spacial score (nSPS) is 25.9. The Labute approximate surface area is 149 Å². The van der Waals surface area contributed by atoms with Crippen molar-refractivity contribution in [1.82, 2.24) is 14.9 Å². The number of carbonyl (C=O) groups is 1. The van der Waals surface area contributed by atoms with Crippen LogP contribution in [0.25, 0.3) is 0 Å². The van der Waals surface area contributed by atoms with Gasteiger partial charge in [0, 0.05) is 44.5 Å². The van der Waals surface area contributed by atoms with Gasteiger partial charge in [0.15, 0.2) is 0 Å². The van der Waals surface area contributed by atoms with Gasteiger partial charge in [0.25, 0.3) is 0 Å². The van der Waals surface area contributed by atoms with Gasteiger partial charge in [-0.2, -0.15) is 0 Å². The van der Waals surface area contributed by atoms with Gasteiger partial charge in [0.2, 0.25) is 5.91 Å². The molecule has 2 saturated heterocycles. The molecule has 0 aromatic carbocycles. The Morgan fingerprint density at radius 2 is 2.04 bits per heavy atom. The van der Waals surface area contributed by atoms with E-state index < -0.39 is 0 Å². The third kappa shape index (κ3) is 2.90. The summed E-state index contributed by atoms with van der Waals surface area (Å²) in [4.78, 5) is 26.9. The highest BCUT2D eigenvalue weighted by Crippen LogP contribution is 2.42. The van der Waals surface area contributed by atoms with E-state index in [1.54, 1.807) is 7.11 Å². The molecular formula is C19H28N4O2. The maximum Gasteiger partial charge on any atom is 0.230 e. The van der Waals surface area contributed by atoms with Crippen molar-refractivity contribution in [2.75, 3.05) is 44.8 Å². The molecule has 6 nitrogen and oxygen atoms in total. The fourth-order valence-corrected chi connectivity index (χ4v) is 4.79. The molecule has 2 aliphatic heterocycles. The minimum atomic E-state index is -0.226. The number of piperidine rings is 1. The predicted octanol–water partition coefficient (Wildman–Crippen LogP) is 1.74. The van der Waals surface area contributed by atoms with Crippen LogP contribution in [0.4, 0.5) is 5.82 Å². The van der Waals surface area contributed by atoms with E-state index in [0.29, 0.717) is 19.1 Å². The number of hydrogen-bond acceptors (Lipinski definition) is 5. The Kier molecular flexibility index (Phi) is 4.40. The summed E-state index contributed by atoms with van der Waals surface area (Å²) in [5, 5.41) is 0. The summed E-state index contributed by atoms with van der Waals surface area (Å²) in [6.07, 6.45) is 6.33. The summed E-state index contributed by atoms with van der Waals surface area (Å²) in [6, 6.07) is 0. The lowest BCUT2D eigenvalue weighted by Crippen LogP contribution is -2.51.